The molecule has 1 heterocycles. The molecule has 3 N–H and O–H groups in total. The van der Waals surface area contributed by atoms with Gasteiger partial charge in [0.15, 0.2) is 0 Å². The Balaban J connectivity index is 2.01. The lowest BCUT2D eigenvalue weighted by Gasteiger charge is -2.08. The van der Waals surface area contributed by atoms with Gasteiger partial charge in [0, 0.05) is 19.3 Å². The van der Waals surface area contributed by atoms with E-state index >= 15 is 0 Å². The van der Waals surface area contributed by atoms with E-state index in [1.54, 1.807) is 6.07 Å². The molecule has 1 aromatic rings. The van der Waals surface area contributed by atoms with Crippen LogP contribution in [0, 0.1) is 11.3 Å². The SMILES string of the molecule is CC1(C)CC1CNS(=O)(=O)c1ccc(CN)nc1. The average Bonchev–Trinajstić information content (AvgIpc) is 2.95. The summed E-state index contributed by atoms with van der Waals surface area (Å²) in [7, 11) is -3.44. The molecule has 0 spiro atoms. The first kappa shape index (κ1) is 13.5. The minimum atomic E-state index is -3.44. The standard InChI is InChI=1S/C12H19N3O2S/c1-12(2)5-9(12)7-15-18(16,17)11-4-3-10(6-13)14-8-11/h3-4,8-9,15H,5-7,13H2,1-2H3. The Bertz CT molecular complexity index is 523. The number of hydrogen-bond donors (Lipinski definition) is 2. The van der Waals surface area contributed by atoms with Crippen molar-refractivity contribution >= 4 is 10.0 Å². The van der Waals surface area contributed by atoms with Gasteiger partial charge in [0.2, 0.25) is 10.0 Å². The number of rotatable bonds is 5. The highest BCUT2D eigenvalue weighted by Crippen LogP contribution is 2.51. The van der Waals surface area contributed by atoms with Gasteiger partial charge in [-0.25, -0.2) is 13.1 Å². The van der Waals surface area contributed by atoms with Crippen molar-refractivity contribution in [3.63, 3.8) is 0 Å². The summed E-state index contributed by atoms with van der Waals surface area (Å²) in [6.07, 6.45) is 2.42. The van der Waals surface area contributed by atoms with Gasteiger partial charge in [-0.05, 0) is 29.9 Å². The maximum absolute atomic E-state index is 12.0. The highest BCUT2D eigenvalue weighted by molar-refractivity contribution is 7.89. The minimum Gasteiger partial charge on any atom is -0.325 e. The Morgan fingerprint density at radius 1 is 1.50 bits per heavy atom. The van der Waals surface area contributed by atoms with Gasteiger partial charge in [0.25, 0.3) is 0 Å². The number of nitrogens with zero attached hydrogens (tertiary/aromatic N) is 1. The second kappa shape index (κ2) is 4.60. The predicted octanol–water partition coefficient (Wildman–Crippen LogP) is 0.865. The lowest BCUT2D eigenvalue weighted by atomic mass is 10.1. The van der Waals surface area contributed by atoms with E-state index in [9.17, 15) is 8.42 Å². The van der Waals surface area contributed by atoms with Crippen molar-refractivity contribution < 1.29 is 8.42 Å². The van der Waals surface area contributed by atoms with E-state index in [-0.39, 0.29) is 10.3 Å². The van der Waals surface area contributed by atoms with Crippen LogP contribution >= 0.6 is 0 Å². The summed E-state index contributed by atoms with van der Waals surface area (Å²) in [5.74, 6) is 0.434. The van der Waals surface area contributed by atoms with Crippen molar-refractivity contribution in [2.24, 2.45) is 17.1 Å². The zero-order valence-electron chi connectivity index (χ0n) is 10.7. The summed E-state index contributed by atoms with van der Waals surface area (Å²) in [5, 5.41) is 0. The van der Waals surface area contributed by atoms with Gasteiger partial charge in [0.1, 0.15) is 4.90 Å². The maximum atomic E-state index is 12.0. The molecular weight excluding hydrogens is 250 g/mol. The molecule has 1 saturated carbocycles. The van der Waals surface area contributed by atoms with Gasteiger partial charge >= 0.3 is 0 Å². The third kappa shape index (κ3) is 2.88. The van der Waals surface area contributed by atoms with E-state index in [2.05, 4.69) is 23.6 Å². The first-order valence-electron chi connectivity index (χ1n) is 6.00. The van der Waals surface area contributed by atoms with E-state index < -0.39 is 10.0 Å². The molecule has 1 fully saturated rings. The van der Waals surface area contributed by atoms with Crippen LogP contribution in [0.4, 0.5) is 0 Å². The molecule has 100 valence electrons. The second-order valence-electron chi connectivity index (χ2n) is 5.43. The smallest absolute Gasteiger partial charge is 0.242 e. The number of nitrogens with one attached hydrogen (secondary N) is 1. The zero-order chi connectivity index (χ0) is 13.4. The topological polar surface area (TPSA) is 85.1 Å². The summed E-state index contributed by atoms with van der Waals surface area (Å²) in [5.41, 5.74) is 6.36. The van der Waals surface area contributed by atoms with Crippen LogP contribution in [0.2, 0.25) is 0 Å². The molecule has 0 bridgehead atoms. The largest absolute Gasteiger partial charge is 0.325 e. The number of nitrogens with two attached hydrogens (primary N) is 1. The molecule has 1 atom stereocenters. The number of aromatic nitrogens is 1. The molecule has 0 aliphatic heterocycles. The quantitative estimate of drug-likeness (QED) is 0.830. The number of sulfonamides is 1. The summed E-state index contributed by atoms with van der Waals surface area (Å²) in [6, 6.07) is 3.17. The van der Waals surface area contributed by atoms with E-state index in [0.29, 0.717) is 24.7 Å². The van der Waals surface area contributed by atoms with Gasteiger partial charge in [-0.2, -0.15) is 0 Å². The Morgan fingerprint density at radius 2 is 2.17 bits per heavy atom. The fourth-order valence-corrected chi connectivity index (χ4v) is 2.93. The number of hydrogen-bond acceptors (Lipinski definition) is 4. The third-order valence-corrected chi connectivity index (χ3v) is 4.96. The molecule has 0 radical (unpaired) electrons. The molecule has 1 aromatic heterocycles. The van der Waals surface area contributed by atoms with Gasteiger partial charge in [-0.1, -0.05) is 13.8 Å². The third-order valence-electron chi connectivity index (χ3n) is 3.55. The van der Waals surface area contributed by atoms with Gasteiger partial charge in [0.05, 0.1) is 5.69 Å². The fraction of sp³-hybridized carbons (Fsp3) is 0.583. The van der Waals surface area contributed by atoms with Crippen molar-refractivity contribution in [2.75, 3.05) is 6.54 Å². The Hall–Kier alpha value is -0.980. The van der Waals surface area contributed by atoms with Crippen molar-refractivity contribution in [3.05, 3.63) is 24.0 Å². The second-order valence-corrected chi connectivity index (χ2v) is 7.20. The van der Waals surface area contributed by atoms with Crippen LogP contribution in [0.15, 0.2) is 23.2 Å². The molecule has 0 aromatic carbocycles. The van der Waals surface area contributed by atoms with Crippen LogP contribution < -0.4 is 10.5 Å². The summed E-state index contributed by atoms with van der Waals surface area (Å²) >= 11 is 0. The molecule has 5 nitrogen and oxygen atoms in total. The number of pyridine rings is 1. The predicted molar refractivity (Wildman–Crippen MR) is 69.2 cm³/mol. The monoisotopic (exact) mass is 269 g/mol. The van der Waals surface area contributed by atoms with Crippen molar-refractivity contribution in [2.45, 2.75) is 31.7 Å². The molecule has 6 heteroatoms. The molecule has 1 aliphatic carbocycles. The Labute approximate surface area is 108 Å². The van der Waals surface area contributed by atoms with Crippen molar-refractivity contribution in [1.29, 1.82) is 0 Å². The van der Waals surface area contributed by atoms with Crippen molar-refractivity contribution in [3.8, 4) is 0 Å². The summed E-state index contributed by atoms with van der Waals surface area (Å²) in [6.45, 7) is 5.09. The Kier molecular flexibility index (Phi) is 3.44. The fourth-order valence-electron chi connectivity index (χ4n) is 1.91. The van der Waals surface area contributed by atoms with Gasteiger partial charge < -0.3 is 5.73 Å². The van der Waals surface area contributed by atoms with Crippen LogP contribution in [0.3, 0.4) is 0 Å². The average molecular weight is 269 g/mol. The summed E-state index contributed by atoms with van der Waals surface area (Å²) < 4.78 is 26.6. The van der Waals surface area contributed by atoms with E-state index in [1.807, 2.05) is 0 Å². The molecule has 18 heavy (non-hydrogen) atoms. The molecule has 1 aliphatic rings. The molecule has 2 rings (SSSR count). The minimum absolute atomic E-state index is 0.193. The lowest BCUT2D eigenvalue weighted by molar-refractivity contribution is 0.537. The van der Waals surface area contributed by atoms with E-state index in [0.717, 1.165) is 6.42 Å². The normalized spacial score (nSPS) is 21.8. The van der Waals surface area contributed by atoms with Crippen LogP contribution in [0.1, 0.15) is 26.0 Å². The molecular formula is C12H19N3O2S. The van der Waals surface area contributed by atoms with Gasteiger partial charge in [-0.15, -0.1) is 0 Å². The van der Waals surface area contributed by atoms with Gasteiger partial charge in [-0.3, -0.25) is 4.98 Å². The Morgan fingerprint density at radius 3 is 2.61 bits per heavy atom. The lowest BCUT2D eigenvalue weighted by Crippen LogP contribution is -2.27. The van der Waals surface area contributed by atoms with Crippen LogP contribution in [-0.4, -0.2) is 19.9 Å². The van der Waals surface area contributed by atoms with Crippen LogP contribution in [0.5, 0.6) is 0 Å². The molecule has 0 amide bonds. The van der Waals surface area contributed by atoms with E-state index in [4.69, 9.17) is 5.73 Å². The highest BCUT2D eigenvalue weighted by atomic mass is 32.2. The molecule has 0 saturated heterocycles. The zero-order valence-corrected chi connectivity index (χ0v) is 11.5. The van der Waals surface area contributed by atoms with Crippen LogP contribution in [-0.2, 0) is 16.6 Å². The summed E-state index contributed by atoms with van der Waals surface area (Å²) in [4.78, 5) is 4.18. The first-order chi connectivity index (χ1) is 8.35. The van der Waals surface area contributed by atoms with Crippen molar-refractivity contribution in [1.82, 2.24) is 9.71 Å². The maximum Gasteiger partial charge on any atom is 0.242 e. The first-order valence-corrected chi connectivity index (χ1v) is 7.48. The highest BCUT2D eigenvalue weighted by Gasteiger charge is 2.45. The van der Waals surface area contributed by atoms with E-state index in [1.165, 1.54) is 12.3 Å². The molecule has 1 unspecified atom stereocenters. The van der Waals surface area contributed by atoms with Crippen LogP contribution in [0.25, 0.3) is 0 Å².